The summed E-state index contributed by atoms with van der Waals surface area (Å²) in [5.74, 6) is 0.337. The number of amides is 2. The Balaban J connectivity index is 1.85. The van der Waals surface area contributed by atoms with E-state index < -0.39 is 11.8 Å². The minimum Gasteiger partial charge on any atom is -0.493 e. The molecule has 0 unspecified atom stereocenters. The van der Waals surface area contributed by atoms with Crippen molar-refractivity contribution in [3.8, 4) is 17.2 Å². The van der Waals surface area contributed by atoms with E-state index in [9.17, 15) is 9.59 Å². The second kappa shape index (κ2) is 8.79. The van der Waals surface area contributed by atoms with Crippen molar-refractivity contribution in [2.24, 2.45) is 0 Å². The molecule has 2 rings (SSSR count). The maximum absolute atomic E-state index is 12.1. The summed E-state index contributed by atoms with van der Waals surface area (Å²) in [6.45, 7) is -0.271. The summed E-state index contributed by atoms with van der Waals surface area (Å²) in [5, 5.41) is 0.500. The van der Waals surface area contributed by atoms with Crippen LogP contribution in [-0.2, 0) is 4.79 Å². The highest BCUT2D eigenvalue weighted by atomic mass is 35.5. The number of hydrogen-bond donors (Lipinski definition) is 2. The molecule has 0 radical (unpaired) electrons. The number of rotatable bonds is 6. The number of carbonyl (C=O) groups is 2. The van der Waals surface area contributed by atoms with Crippen LogP contribution in [0.15, 0.2) is 42.5 Å². The van der Waals surface area contributed by atoms with Gasteiger partial charge in [0.1, 0.15) is 5.75 Å². The molecule has 0 saturated heterocycles. The summed E-state index contributed by atoms with van der Waals surface area (Å²) in [4.78, 5) is 23.8. The zero-order valence-corrected chi connectivity index (χ0v) is 14.4. The lowest BCUT2D eigenvalue weighted by Gasteiger charge is -2.11. The van der Waals surface area contributed by atoms with Crippen LogP contribution in [0.1, 0.15) is 10.4 Å². The standard InChI is InChI=1S/C17H17ClN2O5/c1-23-14-7-6-11(8-15(14)24-2)17(22)20-19-16(21)10-25-13-5-3-4-12(18)9-13/h3-9H,10H2,1-2H3,(H,19,21)(H,20,22). The SMILES string of the molecule is COc1ccc(C(=O)NNC(=O)COc2cccc(Cl)c2)cc1OC. The molecule has 2 amide bonds. The normalized spacial score (nSPS) is 9.88. The van der Waals surface area contributed by atoms with E-state index in [1.807, 2.05) is 0 Å². The summed E-state index contributed by atoms with van der Waals surface area (Å²) in [6.07, 6.45) is 0. The molecule has 0 spiro atoms. The van der Waals surface area contributed by atoms with Gasteiger partial charge in [0, 0.05) is 10.6 Å². The van der Waals surface area contributed by atoms with Gasteiger partial charge >= 0.3 is 0 Å². The number of hydrazine groups is 1. The van der Waals surface area contributed by atoms with Gasteiger partial charge in [-0.05, 0) is 36.4 Å². The van der Waals surface area contributed by atoms with Gasteiger partial charge in [-0.3, -0.25) is 20.4 Å². The van der Waals surface area contributed by atoms with Crippen LogP contribution in [0.4, 0.5) is 0 Å². The Morgan fingerprint density at radius 1 is 1.00 bits per heavy atom. The smallest absolute Gasteiger partial charge is 0.276 e. The van der Waals surface area contributed by atoms with Gasteiger partial charge in [-0.25, -0.2) is 0 Å². The fourth-order valence-electron chi connectivity index (χ4n) is 1.92. The largest absolute Gasteiger partial charge is 0.493 e. The molecular formula is C17H17ClN2O5. The van der Waals surface area contributed by atoms with Crippen molar-refractivity contribution in [1.29, 1.82) is 0 Å². The number of hydrogen-bond acceptors (Lipinski definition) is 5. The lowest BCUT2D eigenvalue weighted by atomic mass is 10.2. The molecule has 7 nitrogen and oxygen atoms in total. The molecule has 0 aliphatic rings. The first-order valence-corrected chi connectivity index (χ1v) is 7.61. The molecule has 0 aromatic heterocycles. The average molecular weight is 365 g/mol. The van der Waals surface area contributed by atoms with Gasteiger partial charge in [0.15, 0.2) is 18.1 Å². The van der Waals surface area contributed by atoms with Gasteiger partial charge in [0.05, 0.1) is 14.2 Å². The molecule has 2 N–H and O–H groups in total. The van der Waals surface area contributed by atoms with E-state index >= 15 is 0 Å². The number of ether oxygens (including phenoxy) is 3. The van der Waals surface area contributed by atoms with E-state index in [4.69, 9.17) is 25.8 Å². The van der Waals surface area contributed by atoms with Crippen molar-refractivity contribution in [1.82, 2.24) is 10.9 Å². The second-order valence-corrected chi connectivity index (χ2v) is 5.25. The predicted molar refractivity (Wildman–Crippen MR) is 92.1 cm³/mol. The summed E-state index contributed by atoms with van der Waals surface area (Å²) < 4.78 is 15.5. The quantitative estimate of drug-likeness (QED) is 0.767. The Kier molecular flexibility index (Phi) is 6.47. The van der Waals surface area contributed by atoms with E-state index in [1.165, 1.54) is 20.3 Å². The monoisotopic (exact) mass is 364 g/mol. The Hall–Kier alpha value is -2.93. The van der Waals surface area contributed by atoms with E-state index in [0.717, 1.165) is 0 Å². The van der Waals surface area contributed by atoms with Crippen molar-refractivity contribution in [2.75, 3.05) is 20.8 Å². The molecule has 2 aromatic rings. The molecule has 132 valence electrons. The minimum atomic E-state index is -0.520. The molecule has 0 fully saturated rings. The topological polar surface area (TPSA) is 85.9 Å². The minimum absolute atomic E-state index is 0.271. The van der Waals surface area contributed by atoms with Crippen molar-refractivity contribution in [3.63, 3.8) is 0 Å². The van der Waals surface area contributed by atoms with Crippen molar-refractivity contribution in [3.05, 3.63) is 53.1 Å². The number of methoxy groups -OCH3 is 2. The Bertz CT molecular complexity index is 766. The third-order valence-corrected chi connectivity index (χ3v) is 3.36. The zero-order chi connectivity index (χ0) is 18.2. The van der Waals surface area contributed by atoms with Gasteiger partial charge in [-0.1, -0.05) is 17.7 Å². The highest BCUT2D eigenvalue weighted by Crippen LogP contribution is 2.27. The van der Waals surface area contributed by atoms with Gasteiger partial charge in [0.2, 0.25) is 0 Å². The first kappa shape index (κ1) is 18.4. The lowest BCUT2D eigenvalue weighted by molar-refractivity contribution is -0.123. The van der Waals surface area contributed by atoms with Crippen LogP contribution in [0.3, 0.4) is 0 Å². The Morgan fingerprint density at radius 3 is 2.44 bits per heavy atom. The highest BCUT2D eigenvalue weighted by molar-refractivity contribution is 6.30. The number of benzene rings is 2. The van der Waals surface area contributed by atoms with Crippen molar-refractivity contribution in [2.45, 2.75) is 0 Å². The van der Waals surface area contributed by atoms with Gasteiger partial charge in [0.25, 0.3) is 11.8 Å². The summed E-state index contributed by atoms with van der Waals surface area (Å²) in [6, 6.07) is 11.3. The summed E-state index contributed by atoms with van der Waals surface area (Å²) in [7, 11) is 2.96. The Morgan fingerprint density at radius 2 is 1.76 bits per heavy atom. The van der Waals surface area contributed by atoms with Crippen LogP contribution < -0.4 is 25.1 Å². The van der Waals surface area contributed by atoms with Gasteiger partial charge < -0.3 is 14.2 Å². The second-order valence-electron chi connectivity index (χ2n) is 4.82. The fourth-order valence-corrected chi connectivity index (χ4v) is 2.10. The Labute approximate surface area is 149 Å². The molecule has 0 saturated carbocycles. The summed E-state index contributed by atoms with van der Waals surface area (Å²) >= 11 is 5.82. The van der Waals surface area contributed by atoms with E-state index in [-0.39, 0.29) is 6.61 Å². The molecule has 0 heterocycles. The fraction of sp³-hybridized carbons (Fsp3) is 0.176. The van der Waals surface area contributed by atoms with E-state index in [0.29, 0.717) is 27.8 Å². The molecule has 25 heavy (non-hydrogen) atoms. The van der Waals surface area contributed by atoms with Crippen molar-refractivity contribution >= 4 is 23.4 Å². The maximum atomic E-state index is 12.1. The van der Waals surface area contributed by atoms with Gasteiger partial charge in [-0.2, -0.15) is 0 Å². The van der Waals surface area contributed by atoms with E-state index in [2.05, 4.69) is 10.9 Å². The number of nitrogens with one attached hydrogen (secondary N) is 2. The van der Waals surface area contributed by atoms with Crippen LogP contribution in [0, 0.1) is 0 Å². The van der Waals surface area contributed by atoms with E-state index in [1.54, 1.807) is 36.4 Å². The first-order valence-electron chi connectivity index (χ1n) is 7.23. The lowest BCUT2D eigenvalue weighted by Crippen LogP contribution is -2.43. The molecule has 0 aliphatic carbocycles. The van der Waals surface area contributed by atoms with Crippen LogP contribution in [-0.4, -0.2) is 32.6 Å². The third-order valence-electron chi connectivity index (χ3n) is 3.13. The van der Waals surface area contributed by atoms with Crippen LogP contribution >= 0.6 is 11.6 Å². The zero-order valence-electron chi connectivity index (χ0n) is 13.7. The average Bonchev–Trinajstić information content (AvgIpc) is 2.63. The number of carbonyl (C=O) groups excluding carboxylic acids is 2. The first-order chi connectivity index (χ1) is 12.0. The van der Waals surface area contributed by atoms with Crippen molar-refractivity contribution < 1.29 is 23.8 Å². The third kappa shape index (κ3) is 5.29. The van der Waals surface area contributed by atoms with Gasteiger partial charge in [-0.15, -0.1) is 0 Å². The van der Waals surface area contributed by atoms with Crippen LogP contribution in [0.5, 0.6) is 17.2 Å². The molecule has 0 atom stereocenters. The van der Waals surface area contributed by atoms with Crippen LogP contribution in [0.25, 0.3) is 0 Å². The maximum Gasteiger partial charge on any atom is 0.276 e. The molecular weight excluding hydrogens is 348 g/mol. The predicted octanol–water partition coefficient (Wildman–Crippen LogP) is 2.20. The molecule has 0 aliphatic heterocycles. The number of halogens is 1. The molecule has 0 bridgehead atoms. The molecule has 8 heteroatoms. The summed E-state index contributed by atoms with van der Waals surface area (Å²) in [5.41, 5.74) is 4.86. The molecule has 2 aromatic carbocycles. The van der Waals surface area contributed by atoms with Crippen LogP contribution in [0.2, 0.25) is 5.02 Å². The highest BCUT2D eigenvalue weighted by Gasteiger charge is 2.12.